The molecule has 21 heavy (non-hydrogen) atoms. The summed E-state index contributed by atoms with van der Waals surface area (Å²) in [7, 11) is -1.87. The molecule has 0 amide bonds. The van der Waals surface area contributed by atoms with Crippen molar-refractivity contribution < 1.29 is 13.2 Å². The van der Waals surface area contributed by atoms with Crippen molar-refractivity contribution in [2.45, 2.75) is 50.7 Å². The van der Waals surface area contributed by atoms with E-state index < -0.39 is 10.0 Å². The van der Waals surface area contributed by atoms with Crippen LogP contribution in [0.3, 0.4) is 0 Å². The number of nitrogens with one attached hydrogen (secondary N) is 3. The van der Waals surface area contributed by atoms with E-state index in [1.807, 2.05) is 13.8 Å². The number of sulfonamides is 1. The van der Waals surface area contributed by atoms with Crippen LogP contribution in [0.25, 0.3) is 0 Å². The fraction of sp³-hybridized carbons (Fsp3) is 0.769. The zero-order valence-corrected chi connectivity index (χ0v) is 13.8. The van der Waals surface area contributed by atoms with Gasteiger partial charge in [0.25, 0.3) is 10.0 Å². The van der Waals surface area contributed by atoms with Gasteiger partial charge in [0, 0.05) is 38.4 Å². The van der Waals surface area contributed by atoms with Crippen molar-refractivity contribution in [1.29, 1.82) is 0 Å². The number of aromatic amines is 1. The number of aromatic nitrogens is 2. The number of H-pyrrole nitrogens is 1. The lowest BCUT2D eigenvalue weighted by Crippen LogP contribution is -2.28. The molecule has 122 valence electrons. The highest BCUT2D eigenvalue weighted by Gasteiger charge is 2.20. The third-order valence-electron chi connectivity index (χ3n) is 2.96. The second-order valence-corrected chi connectivity index (χ2v) is 6.91. The largest absolute Gasteiger partial charge is 0.385 e. The summed E-state index contributed by atoms with van der Waals surface area (Å²) < 4.78 is 32.0. The Morgan fingerprint density at radius 1 is 1.33 bits per heavy atom. The molecule has 0 aliphatic rings. The van der Waals surface area contributed by atoms with E-state index in [1.165, 1.54) is 0 Å². The molecule has 0 spiro atoms. The molecule has 0 saturated heterocycles. The smallest absolute Gasteiger partial charge is 0.257 e. The van der Waals surface area contributed by atoms with Gasteiger partial charge in [-0.15, -0.1) is 0 Å². The van der Waals surface area contributed by atoms with Gasteiger partial charge in [-0.3, -0.25) is 5.10 Å². The standard InChI is InChI=1S/C13H26N4O3S/c1-11(2)14-9-12-10-15-17-13(12)21(18,19)16-7-5-4-6-8-20-3/h10-11,14,16H,4-9H2,1-3H3,(H,15,17). The Morgan fingerprint density at radius 3 is 2.76 bits per heavy atom. The van der Waals surface area contributed by atoms with Crippen LogP contribution in [0.1, 0.15) is 38.7 Å². The lowest BCUT2D eigenvalue weighted by atomic mass is 10.2. The number of hydrogen-bond acceptors (Lipinski definition) is 5. The third-order valence-corrected chi connectivity index (χ3v) is 4.44. The first-order valence-corrected chi connectivity index (χ1v) is 8.70. The Bertz CT molecular complexity index is 499. The molecule has 1 aromatic heterocycles. The van der Waals surface area contributed by atoms with E-state index in [9.17, 15) is 8.42 Å². The van der Waals surface area contributed by atoms with E-state index in [0.29, 0.717) is 25.3 Å². The normalized spacial score (nSPS) is 12.2. The van der Waals surface area contributed by atoms with Gasteiger partial charge >= 0.3 is 0 Å². The Balaban J connectivity index is 2.48. The SMILES string of the molecule is COCCCCCNS(=O)(=O)c1[nH]ncc1CNC(C)C. The first kappa shape index (κ1) is 18.1. The van der Waals surface area contributed by atoms with E-state index >= 15 is 0 Å². The van der Waals surface area contributed by atoms with Crippen LogP contribution in [0.4, 0.5) is 0 Å². The van der Waals surface area contributed by atoms with Crippen molar-refractivity contribution in [3.8, 4) is 0 Å². The van der Waals surface area contributed by atoms with Crippen molar-refractivity contribution in [3.63, 3.8) is 0 Å². The molecule has 1 heterocycles. The highest BCUT2D eigenvalue weighted by atomic mass is 32.2. The van der Waals surface area contributed by atoms with Crippen LogP contribution in [-0.4, -0.2) is 44.9 Å². The van der Waals surface area contributed by atoms with E-state index in [0.717, 1.165) is 19.3 Å². The number of unbranched alkanes of at least 4 members (excludes halogenated alkanes) is 2. The van der Waals surface area contributed by atoms with Crippen molar-refractivity contribution in [3.05, 3.63) is 11.8 Å². The van der Waals surface area contributed by atoms with Gasteiger partial charge in [-0.05, 0) is 19.3 Å². The number of methoxy groups -OCH3 is 1. The van der Waals surface area contributed by atoms with Crippen LogP contribution in [0.2, 0.25) is 0 Å². The summed E-state index contributed by atoms with van der Waals surface area (Å²) in [6.45, 7) is 5.61. The van der Waals surface area contributed by atoms with Gasteiger partial charge in [-0.1, -0.05) is 13.8 Å². The van der Waals surface area contributed by atoms with E-state index in [2.05, 4.69) is 20.2 Å². The quantitative estimate of drug-likeness (QED) is 0.529. The maximum Gasteiger partial charge on any atom is 0.257 e. The molecule has 1 aromatic rings. The monoisotopic (exact) mass is 318 g/mol. The molecule has 8 heteroatoms. The first-order chi connectivity index (χ1) is 9.97. The zero-order chi connectivity index (χ0) is 15.7. The molecule has 7 nitrogen and oxygen atoms in total. The average Bonchev–Trinajstić information content (AvgIpc) is 2.89. The maximum atomic E-state index is 12.2. The van der Waals surface area contributed by atoms with Crippen molar-refractivity contribution >= 4 is 10.0 Å². The molecule has 0 bridgehead atoms. The zero-order valence-electron chi connectivity index (χ0n) is 13.0. The van der Waals surface area contributed by atoms with Gasteiger partial charge in [0.1, 0.15) is 0 Å². The van der Waals surface area contributed by atoms with E-state index in [-0.39, 0.29) is 11.1 Å². The number of ether oxygens (including phenoxy) is 1. The third kappa shape index (κ3) is 6.56. The van der Waals surface area contributed by atoms with Gasteiger partial charge in [-0.25, -0.2) is 13.1 Å². The summed E-state index contributed by atoms with van der Waals surface area (Å²) in [6.07, 6.45) is 4.20. The summed E-state index contributed by atoms with van der Waals surface area (Å²) in [5, 5.41) is 9.74. The highest BCUT2D eigenvalue weighted by Crippen LogP contribution is 2.11. The fourth-order valence-corrected chi connectivity index (χ4v) is 3.00. The summed E-state index contributed by atoms with van der Waals surface area (Å²) >= 11 is 0. The second kappa shape index (κ2) is 9.14. The van der Waals surface area contributed by atoms with Gasteiger partial charge in [0.05, 0.1) is 6.20 Å². The minimum atomic E-state index is -3.53. The molecule has 0 saturated carbocycles. The summed E-state index contributed by atoms with van der Waals surface area (Å²) in [4.78, 5) is 0. The average molecular weight is 318 g/mol. The Labute approximate surface area is 126 Å². The predicted octanol–water partition coefficient (Wildman–Crippen LogP) is 1.00. The minimum Gasteiger partial charge on any atom is -0.385 e. The topological polar surface area (TPSA) is 96.1 Å². The fourth-order valence-electron chi connectivity index (χ4n) is 1.80. The van der Waals surface area contributed by atoms with Crippen LogP contribution >= 0.6 is 0 Å². The Morgan fingerprint density at radius 2 is 2.10 bits per heavy atom. The van der Waals surface area contributed by atoms with Gasteiger partial charge in [0.15, 0.2) is 5.03 Å². The van der Waals surface area contributed by atoms with Gasteiger partial charge in [-0.2, -0.15) is 5.10 Å². The molecule has 0 aliphatic heterocycles. The number of hydrogen-bond donors (Lipinski definition) is 3. The van der Waals surface area contributed by atoms with E-state index in [4.69, 9.17) is 4.74 Å². The molecule has 0 fully saturated rings. The molecule has 0 aromatic carbocycles. The lowest BCUT2D eigenvalue weighted by Gasteiger charge is -2.09. The molecule has 0 atom stereocenters. The highest BCUT2D eigenvalue weighted by molar-refractivity contribution is 7.89. The predicted molar refractivity (Wildman–Crippen MR) is 81.5 cm³/mol. The summed E-state index contributed by atoms with van der Waals surface area (Å²) in [5.41, 5.74) is 0.649. The van der Waals surface area contributed by atoms with Crippen molar-refractivity contribution in [2.75, 3.05) is 20.3 Å². The minimum absolute atomic E-state index is 0.146. The van der Waals surface area contributed by atoms with Crippen molar-refractivity contribution in [2.24, 2.45) is 0 Å². The molecule has 0 radical (unpaired) electrons. The van der Waals surface area contributed by atoms with Crippen LogP contribution in [0.15, 0.2) is 11.2 Å². The maximum absolute atomic E-state index is 12.2. The molecule has 3 N–H and O–H groups in total. The lowest BCUT2D eigenvalue weighted by molar-refractivity contribution is 0.192. The van der Waals surface area contributed by atoms with Crippen LogP contribution in [0.5, 0.6) is 0 Å². The van der Waals surface area contributed by atoms with E-state index in [1.54, 1.807) is 13.3 Å². The molecule has 0 unspecified atom stereocenters. The second-order valence-electron chi connectivity index (χ2n) is 5.21. The molecule has 0 aliphatic carbocycles. The molecule has 1 rings (SSSR count). The Hall–Kier alpha value is -0.960. The molecular formula is C13H26N4O3S. The number of nitrogens with zero attached hydrogens (tertiary/aromatic N) is 1. The first-order valence-electron chi connectivity index (χ1n) is 7.21. The summed E-state index contributed by atoms with van der Waals surface area (Å²) in [5.74, 6) is 0. The van der Waals surface area contributed by atoms with Crippen LogP contribution < -0.4 is 10.0 Å². The van der Waals surface area contributed by atoms with Crippen molar-refractivity contribution in [1.82, 2.24) is 20.2 Å². The van der Waals surface area contributed by atoms with Gasteiger partial charge in [0.2, 0.25) is 0 Å². The summed E-state index contributed by atoms with van der Waals surface area (Å²) in [6, 6.07) is 0.282. The molecular weight excluding hydrogens is 292 g/mol. The van der Waals surface area contributed by atoms with Crippen LogP contribution in [-0.2, 0) is 21.3 Å². The number of rotatable bonds is 11. The Kier molecular flexibility index (Phi) is 7.87. The van der Waals surface area contributed by atoms with Crippen LogP contribution in [0, 0.1) is 0 Å². The van der Waals surface area contributed by atoms with Gasteiger partial charge < -0.3 is 10.1 Å².